The summed E-state index contributed by atoms with van der Waals surface area (Å²) >= 11 is 0. The topological polar surface area (TPSA) is 91.9 Å². The zero-order valence-corrected chi connectivity index (χ0v) is 20.1. The molecule has 3 aromatic carbocycles. The molecular formula is C28H27N5O2. The van der Waals surface area contributed by atoms with Crippen LogP contribution in [0.1, 0.15) is 26.3 Å². The number of fused-ring (bicyclic) bond motifs is 2. The van der Waals surface area contributed by atoms with E-state index < -0.39 is 0 Å². The van der Waals surface area contributed by atoms with E-state index in [1.165, 1.54) is 0 Å². The molecule has 7 heteroatoms. The summed E-state index contributed by atoms with van der Waals surface area (Å²) in [6.45, 7) is 6.39. The second kappa shape index (κ2) is 8.76. The summed E-state index contributed by atoms with van der Waals surface area (Å²) in [6.07, 6.45) is 3.45. The molecule has 2 amide bonds. The maximum atomic E-state index is 13.0. The first-order valence-electron chi connectivity index (χ1n) is 11.4. The van der Waals surface area contributed by atoms with Crippen LogP contribution in [0.15, 0.2) is 73.2 Å². The van der Waals surface area contributed by atoms with Crippen molar-refractivity contribution in [2.24, 2.45) is 0 Å². The fourth-order valence-electron chi connectivity index (χ4n) is 4.18. The smallest absolute Gasteiger partial charge is 0.323 e. The van der Waals surface area contributed by atoms with Gasteiger partial charge in [0.25, 0.3) is 0 Å². The Morgan fingerprint density at radius 2 is 1.69 bits per heavy atom. The number of aromatic amines is 1. The van der Waals surface area contributed by atoms with Gasteiger partial charge in [0.05, 0.1) is 30.3 Å². The van der Waals surface area contributed by atoms with Crippen molar-refractivity contribution in [1.82, 2.24) is 15.0 Å². The second-order valence-corrected chi connectivity index (χ2v) is 9.45. The summed E-state index contributed by atoms with van der Waals surface area (Å²) in [4.78, 5) is 24.8. The maximum absolute atomic E-state index is 13.0. The molecule has 7 nitrogen and oxygen atoms in total. The lowest BCUT2D eigenvalue weighted by Gasteiger charge is -2.21. The molecule has 0 atom stereocenters. The fraction of sp³-hybridized carbons (Fsp3) is 0.179. The number of benzene rings is 3. The lowest BCUT2D eigenvalue weighted by Crippen LogP contribution is -2.21. The van der Waals surface area contributed by atoms with Crippen LogP contribution in [-0.2, 0) is 5.41 Å². The summed E-state index contributed by atoms with van der Waals surface area (Å²) in [5.41, 5.74) is 5.93. The van der Waals surface area contributed by atoms with Gasteiger partial charge in [-0.3, -0.25) is 0 Å². The van der Waals surface area contributed by atoms with Crippen molar-refractivity contribution in [3.8, 4) is 16.9 Å². The molecule has 0 saturated carbocycles. The molecule has 0 radical (unpaired) electrons. The number of hydrogen-bond acceptors (Lipinski definition) is 4. The van der Waals surface area contributed by atoms with E-state index in [2.05, 4.69) is 46.4 Å². The number of amides is 2. The zero-order valence-electron chi connectivity index (χ0n) is 20.1. The highest BCUT2D eigenvalue weighted by Gasteiger charge is 2.18. The number of methoxy groups -OCH3 is 1. The molecule has 5 aromatic rings. The molecule has 0 bridgehead atoms. The van der Waals surface area contributed by atoms with Crippen LogP contribution < -0.4 is 15.4 Å². The number of carbonyl (C=O) groups excluding carboxylic acids is 1. The number of imidazole rings is 1. The SMILES string of the molecule is COc1ccc(C(C)(C)C)cc1NC(=O)Nc1ccc(-c2cnc3nc[nH]c3c2)c2ccccc12. The van der Waals surface area contributed by atoms with Gasteiger partial charge in [0, 0.05) is 17.1 Å². The number of ether oxygens (including phenoxy) is 1. The molecule has 0 aliphatic carbocycles. The van der Waals surface area contributed by atoms with Gasteiger partial charge in [0.2, 0.25) is 0 Å². The third-order valence-electron chi connectivity index (χ3n) is 6.07. The Bertz CT molecular complexity index is 1550. The molecule has 0 spiro atoms. The van der Waals surface area contributed by atoms with E-state index in [0.29, 0.717) is 22.8 Å². The van der Waals surface area contributed by atoms with E-state index in [0.717, 1.165) is 33.0 Å². The van der Waals surface area contributed by atoms with Crippen molar-refractivity contribution in [3.05, 3.63) is 78.8 Å². The molecule has 5 rings (SSSR count). The molecule has 0 aliphatic heterocycles. The number of carbonyl (C=O) groups is 1. The van der Waals surface area contributed by atoms with Gasteiger partial charge < -0.3 is 20.4 Å². The number of pyridine rings is 1. The van der Waals surface area contributed by atoms with Crippen LogP contribution in [0.4, 0.5) is 16.2 Å². The van der Waals surface area contributed by atoms with Crippen molar-refractivity contribution in [1.29, 1.82) is 0 Å². The van der Waals surface area contributed by atoms with Crippen LogP contribution in [-0.4, -0.2) is 28.1 Å². The van der Waals surface area contributed by atoms with E-state index >= 15 is 0 Å². The Kier molecular flexibility index (Phi) is 5.61. The summed E-state index contributed by atoms with van der Waals surface area (Å²) in [5, 5.41) is 7.91. The molecule has 0 saturated heterocycles. The molecule has 2 aromatic heterocycles. The van der Waals surface area contributed by atoms with Gasteiger partial charge in [-0.2, -0.15) is 0 Å². The van der Waals surface area contributed by atoms with E-state index in [-0.39, 0.29) is 11.4 Å². The number of nitrogens with zero attached hydrogens (tertiary/aromatic N) is 2. The van der Waals surface area contributed by atoms with Crippen molar-refractivity contribution in [2.75, 3.05) is 17.7 Å². The number of nitrogens with one attached hydrogen (secondary N) is 3. The fourth-order valence-corrected chi connectivity index (χ4v) is 4.18. The molecule has 176 valence electrons. The number of rotatable bonds is 4. The zero-order chi connectivity index (χ0) is 24.6. The molecule has 0 unspecified atom stereocenters. The van der Waals surface area contributed by atoms with E-state index in [9.17, 15) is 4.79 Å². The van der Waals surface area contributed by atoms with Gasteiger partial charge in [-0.05, 0) is 46.2 Å². The first-order valence-corrected chi connectivity index (χ1v) is 11.4. The molecule has 3 N–H and O–H groups in total. The summed E-state index contributed by atoms with van der Waals surface area (Å²) < 4.78 is 5.47. The quantitative estimate of drug-likeness (QED) is 0.274. The van der Waals surface area contributed by atoms with Gasteiger partial charge in [0.1, 0.15) is 5.75 Å². The van der Waals surface area contributed by atoms with Gasteiger partial charge in [-0.15, -0.1) is 0 Å². The largest absolute Gasteiger partial charge is 0.495 e. The Labute approximate surface area is 203 Å². The lowest BCUT2D eigenvalue weighted by atomic mass is 9.87. The number of anilines is 2. The van der Waals surface area contributed by atoms with Crippen LogP contribution >= 0.6 is 0 Å². The Balaban J connectivity index is 1.47. The van der Waals surface area contributed by atoms with Crippen molar-refractivity contribution < 1.29 is 9.53 Å². The van der Waals surface area contributed by atoms with Crippen molar-refractivity contribution in [2.45, 2.75) is 26.2 Å². The average molecular weight is 466 g/mol. The highest BCUT2D eigenvalue weighted by molar-refractivity contribution is 6.10. The number of hydrogen-bond donors (Lipinski definition) is 3. The van der Waals surface area contributed by atoms with E-state index in [1.807, 2.05) is 66.9 Å². The first kappa shape index (κ1) is 22.4. The highest BCUT2D eigenvalue weighted by atomic mass is 16.5. The minimum atomic E-state index is -0.340. The third kappa shape index (κ3) is 4.40. The number of aromatic nitrogens is 3. The minimum Gasteiger partial charge on any atom is -0.495 e. The highest BCUT2D eigenvalue weighted by Crippen LogP contribution is 2.35. The van der Waals surface area contributed by atoms with E-state index in [4.69, 9.17) is 4.74 Å². The summed E-state index contributed by atoms with van der Waals surface area (Å²) in [5.74, 6) is 0.607. The predicted octanol–water partition coefficient (Wildman–Crippen LogP) is 6.73. The Hall–Kier alpha value is -4.39. The van der Waals surface area contributed by atoms with Gasteiger partial charge in [-0.1, -0.05) is 57.2 Å². The molecule has 0 fully saturated rings. The van der Waals surface area contributed by atoms with Gasteiger partial charge >= 0.3 is 6.03 Å². The lowest BCUT2D eigenvalue weighted by molar-refractivity contribution is 0.262. The summed E-state index contributed by atoms with van der Waals surface area (Å²) in [6, 6.07) is 19.4. The average Bonchev–Trinajstić information content (AvgIpc) is 3.31. The number of H-pyrrole nitrogens is 1. The molecule has 35 heavy (non-hydrogen) atoms. The standard InChI is InChI=1S/C28H27N5O2/c1-28(2,3)18-9-12-25(35-4)23(14-18)33-27(34)32-22-11-10-19(20-7-5-6-8-21(20)22)17-13-24-26(29-15-17)31-16-30-24/h5-16H,1-4H3,(H,29,30,31)(H2,32,33,34). The summed E-state index contributed by atoms with van der Waals surface area (Å²) in [7, 11) is 1.59. The van der Waals surface area contributed by atoms with Crippen LogP contribution in [0.5, 0.6) is 5.75 Å². The van der Waals surface area contributed by atoms with Gasteiger partial charge in [-0.25, -0.2) is 14.8 Å². The van der Waals surface area contributed by atoms with Gasteiger partial charge in [0.15, 0.2) is 5.65 Å². The molecule has 0 aliphatic rings. The second-order valence-electron chi connectivity index (χ2n) is 9.45. The van der Waals surface area contributed by atoms with E-state index in [1.54, 1.807) is 13.4 Å². The van der Waals surface area contributed by atoms with Crippen molar-refractivity contribution >= 4 is 39.3 Å². The van der Waals surface area contributed by atoms with Crippen LogP contribution in [0.3, 0.4) is 0 Å². The molecular weight excluding hydrogens is 438 g/mol. The van der Waals surface area contributed by atoms with Crippen LogP contribution in [0, 0.1) is 0 Å². The first-order chi connectivity index (χ1) is 16.8. The monoisotopic (exact) mass is 465 g/mol. The van der Waals surface area contributed by atoms with Crippen LogP contribution in [0.2, 0.25) is 0 Å². The molecule has 2 heterocycles. The van der Waals surface area contributed by atoms with Crippen LogP contribution in [0.25, 0.3) is 33.1 Å². The predicted molar refractivity (Wildman–Crippen MR) is 141 cm³/mol. The Morgan fingerprint density at radius 1 is 0.914 bits per heavy atom. The third-order valence-corrected chi connectivity index (χ3v) is 6.07. The van der Waals surface area contributed by atoms with Crippen molar-refractivity contribution in [3.63, 3.8) is 0 Å². The Morgan fingerprint density at radius 3 is 2.46 bits per heavy atom. The maximum Gasteiger partial charge on any atom is 0.323 e. The minimum absolute atomic E-state index is 0.0563. The number of urea groups is 1. The normalized spacial score (nSPS) is 11.5.